The Balaban J connectivity index is 1.43. The molecule has 0 fully saturated rings. The van der Waals surface area contributed by atoms with Crippen LogP contribution in [-0.2, 0) is 0 Å². The van der Waals surface area contributed by atoms with Crippen LogP contribution in [0, 0.1) is 13.8 Å². The minimum atomic E-state index is -0.171. The molecular weight excluding hydrogens is 352 g/mol. The molecule has 0 atom stereocenters. The van der Waals surface area contributed by atoms with E-state index in [0.717, 1.165) is 17.1 Å². The zero-order valence-electron chi connectivity index (χ0n) is 14.4. The lowest BCUT2D eigenvalue weighted by molar-refractivity contribution is 0.0958. The van der Waals surface area contributed by atoms with Crippen molar-refractivity contribution in [3.8, 4) is 0 Å². The monoisotopic (exact) mass is 370 g/mol. The fourth-order valence-corrected chi connectivity index (χ4v) is 2.63. The van der Waals surface area contributed by atoms with Crippen molar-refractivity contribution in [1.29, 1.82) is 0 Å². The molecule has 0 aliphatic rings. The molecule has 26 heavy (non-hydrogen) atoms. The Labute approximate surface area is 154 Å². The standard InChI is InChI=1S/C16H18N8OS/c1-10-3-4-12(19-9-10)20-14-6-5-13(22-23-14)17-7-8-18-16(25)15-11(2)21-24-26-15/h3-6,9H,7-8H2,1-2H3,(H,17,22)(H,18,25)(H,19,20,23). The van der Waals surface area contributed by atoms with E-state index in [4.69, 9.17) is 0 Å². The molecule has 0 radical (unpaired) electrons. The quantitative estimate of drug-likeness (QED) is 0.540. The number of rotatable bonds is 7. The molecular formula is C16H18N8OS. The molecule has 0 unspecified atom stereocenters. The molecule has 0 saturated carbocycles. The molecule has 9 nitrogen and oxygen atoms in total. The van der Waals surface area contributed by atoms with E-state index in [2.05, 4.69) is 40.7 Å². The number of aryl methyl sites for hydroxylation is 2. The third-order valence-corrected chi connectivity index (χ3v) is 4.23. The van der Waals surface area contributed by atoms with Gasteiger partial charge in [-0.05, 0) is 49.1 Å². The summed E-state index contributed by atoms with van der Waals surface area (Å²) in [5.74, 6) is 1.77. The predicted molar refractivity (Wildman–Crippen MR) is 99.8 cm³/mol. The van der Waals surface area contributed by atoms with Gasteiger partial charge in [-0.25, -0.2) is 4.98 Å². The van der Waals surface area contributed by atoms with Crippen LogP contribution in [0.3, 0.4) is 0 Å². The normalized spacial score (nSPS) is 10.4. The predicted octanol–water partition coefficient (Wildman–Crippen LogP) is 1.93. The van der Waals surface area contributed by atoms with Gasteiger partial charge in [-0.3, -0.25) is 4.79 Å². The van der Waals surface area contributed by atoms with Crippen molar-refractivity contribution in [3.63, 3.8) is 0 Å². The van der Waals surface area contributed by atoms with Crippen LogP contribution < -0.4 is 16.0 Å². The zero-order chi connectivity index (χ0) is 18.4. The molecule has 0 bridgehead atoms. The zero-order valence-corrected chi connectivity index (χ0v) is 15.2. The lowest BCUT2D eigenvalue weighted by atomic mass is 10.3. The first-order valence-electron chi connectivity index (χ1n) is 7.96. The first-order chi connectivity index (χ1) is 12.6. The molecule has 0 aliphatic heterocycles. The number of anilines is 3. The second-order valence-electron chi connectivity index (χ2n) is 5.52. The molecule has 134 valence electrons. The number of nitrogens with one attached hydrogen (secondary N) is 3. The Bertz CT molecular complexity index is 863. The van der Waals surface area contributed by atoms with Crippen LogP contribution in [-0.4, -0.2) is 43.8 Å². The lowest BCUT2D eigenvalue weighted by Gasteiger charge is -2.08. The number of pyridine rings is 1. The van der Waals surface area contributed by atoms with Gasteiger partial charge >= 0.3 is 0 Å². The average molecular weight is 370 g/mol. The summed E-state index contributed by atoms with van der Waals surface area (Å²) < 4.78 is 3.75. The topological polar surface area (TPSA) is 118 Å². The van der Waals surface area contributed by atoms with E-state index in [0.29, 0.717) is 41.1 Å². The first kappa shape index (κ1) is 17.7. The van der Waals surface area contributed by atoms with Gasteiger partial charge in [-0.15, -0.1) is 15.3 Å². The number of carbonyl (C=O) groups is 1. The summed E-state index contributed by atoms with van der Waals surface area (Å²) in [6.07, 6.45) is 1.78. The molecule has 0 saturated heterocycles. The highest BCUT2D eigenvalue weighted by Crippen LogP contribution is 2.12. The highest BCUT2D eigenvalue weighted by molar-refractivity contribution is 7.07. The Hall–Kier alpha value is -3.14. The average Bonchev–Trinajstić information content (AvgIpc) is 3.08. The third-order valence-electron chi connectivity index (χ3n) is 3.41. The number of carbonyl (C=O) groups excluding carboxylic acids is 1. The van der Waals surface area contributed by atoms with Crippen LogP contribution in [0.5, 0.6) is 0 Å². The smallest absolute Gasteiger partial charge is 0.265 e. The van der Waals surface area contributed by atoms with Gasteiger partial charge in [0, 0.05) is 19.3 Å². The van der Waals surface area contributed by atoms with Crippen LogP contribution in [0.25, 0.3) is 0 Å². The Morgan fingerprint density at radius 1 is 1.00 bits per heavy atom. The summed E-state index contributed by atoms with van der Waals surface area (Å²) in [6, 6.07) is 7.47. The summed E-state index contributed by atoms with van der Waals surface area (Å²) in [5, 5.41) is 21.0. The summed E-state index contributed by atoms with van der Waals surface area (Å²) >= 11 is 1.09. The third kappa shape index (κ3) is 4.70. The summed E-state index contributed by atoms with van der Waals surface area (Å²) in [7, 11) is 0. The summed E-state index contributed by atoms with van der Waals surface area (Å²) in [6.45, 7) is 4.71. The van der Waals surface area contributed by atoms with Crippen molar-refractivity contribution >= 4 is 34.9 Å². The Morgan fingerprint density at radius 2 is 1.77 bits per heavy atom. The van der Waals surface area contributed by atoms with Crippen molar-refractivity contribution in [1.82, 2.24) is 30.1 Å². The highest BCUT2D eigenvalue weighted by atomic mass is 32.1. The largest absolute Gasteiger partial charge is 0.367 e. The van der Waals surface area contributed by atoms with E-state index >= 15 is 0 Å². The fourth-order valence-electron chi connectivity index (χ4n) is 2.05. The van der Waals surface area contributed by atoms with Gasteiger partial charge in [0.25, 0.3) is 5.91 Å². The van der Waals surface area contributed by atoms with Crippen molar-refractivity contribution < 1.29 is 4.79 Å². The maximum absolute atomic E-state index is 11.9. The Morgan fingerprint density at radius 3 is 2.42 bits per heavy atom. The minimum absolute atomic E-state index is 0.171. The molecule has 3 N–H and O–H groups in total. The maximum Gasteiger partial charge on any atom is 0.265 e. The van der Waals surface area contributed by atoms with Crippen LogP contribution in [0.2, 0.25) is 0 Å². The van der Waals surface area contributed by atoms with Crippen LogP contribution in [0.4, 0.5) is 17.5 Å². The van der Waals surface area contributed by atoms with E-state index in [9.17, 15) is 4.79 Å². The second-order valence-corrected chi connectivity index (χ2v) is 6.27. The van der Waals surface area contributed by atoms with E-state index < -0.39 is 0 Å². The molecule has 10 heteroatoms. The molecule has 3 aromatic rings. The SMILES string of the molecule is Cc1ccc(Nc2ccc(NCCNC(=O)c3snnc3C)nn2)nc1. The van der Waals surface area contributed by atoms with Gasteiger partial charge in [0.1, 0.15) is 16.5 Å². The van der Waals surface area contributed by atoms with Gasteiger partial charge in [-0.2, -0.15) is 0 Å². The van der Waals surface area contributed by atoms with Crippen LogP contribution in [0.1, 0.15) is 20.9 Å². The molecule has 3 aromatic heterocycles. The fraction of sp³-hybridized carbons (Fsp3) is 0.250. The molecule has 0 aliphatic carbocycles. The van der Waals surface area contributed by atoms with E-state index in [1.807, 2.05) is 31.2 Å². The number of amides is 1. The van der Waals surface area contributed by atoms with E-state index in [-0.39, 0.29) is 5.91 Å². The molecule has 1 amide bonds. The van der Waals surface area contributed by atoms with Gasteiger partial charge in [0.05, 0.1) is 5.69 Å². The van der Waals surface area contributed by atoms with Gasteiger partial charge < -0.3 is 16.0 Å². The Kier molecular flexibility index (Phi) is 5.64. The number of nitrogens with zero attached hydrogens (tertiary/aromatic N) is 5. The van der Waals surface area contributed by atoms with E-state index in [1.54, 1.807) is 13.1 Å². The first-order valence-corrected chi connectivity index (χ1v) is 8.73. The van der Waals surface area contributed by atoms with Crippen LogP contribution >= 0.6 is 11.5 Å². The van der Waals surface area contributed by atoms with Gasteiger partial charge in [0.2, 0.25) is 0 Å². The molecule has 3 rings (SSSR count). The minimum Gasteiger partial charge on any atom is -0.367 e. The summed E-state index contributed by atoms with van der Waals surface area (Å²) in [4.78, 5) is 16.7. The van der Waals surface area contributed by atoms with Gasteiger partial charge in [-0.1, -0.05) is 10.6 Å². The number of hydrogen-bond acceptors (Lipinski definition) is 9. The van der Waals surface area contributed by atoms with Crippen molar-refractivity contribution in [3.05, 3.63) is 46.6 Å². The van der Waals surface area contributed by atoms with Crippen molar-refractivity contribution in [2.45, 2.75) is 13.8 Å². The number of hydrogen-bond donors (Lipinski definition) is 3. The maximum atomic E-state index is 11.9. The second kappa shape index (κ2) is 8.30. The summed E-state index contributed by atoms with van der Waals surface area (Å²) in [5.41, 5.74) is 1.73. The van der Waals surface area contributed by atoms with Crippen molar-refractivity contribution in [2.24, 2.45) is 0 Å². The lowest BCUT2D eigenvalue weighted by Crippen LogP contribution is -2.28. The highest BCUT2D eigenvalue weighted by Gasteiger charge is 2.11. The van der Waals surface area contributed by atoms with E-state index in [1.165, 1.54) is 0 Å². The molecule has 3 heterocycles. The van der Waals surface area contributed by atoms with Gasteiger partial charge in [0.15, 0.2) is 5.82 Å². The number of aromatic nitrogens is 5. The molecule has 0 aromatic carbocycles. The van der Waals surface area contributed by atoms with Crippen molar-refractivity contribution in [2.75, 3.05) is 23.7 Å². The molecule has 0 spiro atoms. The van der Waals surface area contributed by atoms with Crippen LogP contribution in [0.15, 0.2) is 30.5 Å².